The fourth-order valence-corrected chi connectivity index (χ4v) is 2.56. The molecule has 1 saturated carbocycles. The van der Waals surface area contributed by atoms with E-state index in [9.17, 15) is 13.9 Å². The van der Waals surface area contributed by atoms with E-state index in [0.717, 1.165) is 12.8 Å². The van der Waals surface area contributed by atoms with Gasteiger partial charge in [-0.15, -0.1) is 0 Å². The van der Waals surface area contributed by atoms with Crippen LogP contribution in [0.4, 0.5) is 8.78 Å². The van der Waals surface area contributed by atoms with Gasteiger partial charge in [-0.05, 0) is 40.4 Å². The Bertz CT molecular complexity index is 405. The molecule has 0 spiro atoms. The van der Waals surface area contributed by atoms with Gasteiger partial charge in [0.2, 0.25) is 0 Å². The van der Waals surface area contributed by atoms with Gasteiger partial charge >= 0.3 is 0 Å². The SMILES string of the molecule is OC(Cc1c(F)ccc(Br)c1F)CC1CCC1. The van der Waals surface area contributed by atoms with E-state index < -0.39 is 17.7 Å². The molecule has 1 aromatic carbocycles. The third-order valence-electron chi connectivity index (χ3n) is 3.41. The number of aliphatic hydroxyl groups is 1. The Kier molecular flexibility index (Phi) is 4.15. The van der Waals surface area contributed by atoms with E-state index in [1.807, 2.05) is 0 Å². The van der Waals surface area contributed by atoms with E-state index in [0.29, 0.717) is 12.3 Å². The molecule has 0 aliphatic heterocycles. The lowest BCUT2D eigenvalue weighted by Crippen LogP contribution is -2.21. The largest absolute Gasteiger partial charge is 0.393 e. The van der Waals surface area contributed by atoms with E-state index in [4.69, 9.17) is 0 Å². The van der Waals surface area contributed by atoms with Crippen LogP contribution in [0.25, 0.3) is 0 Å². The van der Waals surface area contributed by atoms with Crippen molar-refractivity contribution in [3.63, 3.8) is 0 Å². The van der Waals surface area contributed by atoms with Gasteiger partial charge in [-0.2, -0.15) is 0 Å². The zero-order valence-electron chi connectivity index (χ0n) is 9.43. The van der Waals surface area contributed by atoms with Gasteiger partial charge in [0.1, 0.15) is 11.6 Å². The van der Waals surface area contributed by atoms with Crippen LogP contribution in [0.3, 0.4) is 0 Å². The predicted octanol–water partition coefficient (Wildman–Crippen LogP) is 3.82. The zero-order valence-corrected chi connectivity index (χ0v) is 11.0. The van der Waals surface area contributed by atoms with Gasteiger partial charge in [0.15, 0.2) is 0 Å². The number of benzene rings is 1. The highest BCUT2D eigenvalue weighted by Gasteiger charge is 2.23. The highest BCUT2D eigenvalue weighted by atomic mass is 79.9. The summed E-state index contributed by atoms with van der Waals surface area (Å²) in [5.74, 6) is -0.653. The van der Waals surface area contributed by atoms with Crippen LogP contribution in [0.2, 0.25) is 0 Å². The van der Waals surface area contributed by atoms with Crippen LogP contribution in [0.1, 0.15) is 31.2 Å². The van der Waals surface area contributed by atoms with Gasteiger partial charge in [-0.25, -0.2) is 8.78 Å². The van der Waals surface area contributed by atoms with E-state index in [1.54, 1.807) is 0 Å². The van der Waals surface area contributed by atoms with Crippen molar-refractivity contribution in [2.45, 2.75) is 38.2 Å². The maximum atomic E-state index is 13.7. The molecule has 1 nitrogen and oxygen atoms in total. The monoisotopic (exact) mass is 304 g/mol. The number of halogens is 3. The second-order valence-corrected chi connectivity index (χ2v) is 5.57. The molecule has 1 unspecified atom stereocenters. The molecule has 17 heavy (non-hydrogen) atoms. The van der Waals surface area contributed by atoms with Crippen LogP contribution in [0.5, 0.6) is 0 Å². The first-order valence-electron chi connectivity index (χ1n) is 5.88. The lowest BCUT2D eigenvalue weighted by molar-refractivity contribution is 0.116. The summed E-state index contributed by atoms with van der Waals surface area (Å²) >= 11 is 3.02. The van der Waals surface area contributed by atoms with Crippen molar-refractivity contribution in [1.82, 2.24) is 0 Å². The van der Waals surface area contributed by atoms with Crippen LogP contribution >= 0.6 is 15.9 Å². The zero-order chi connectivity index (χ0) is 12.4. The van der Waals surface area contributed by atoms with Gasteiger partial charge in [-0.1, -0.05) is 19.3 Å². The van der Waals surface area contributed by atoms with Crippen molar-refractivity contribution in [2.75, 3.05) is 0 Å². The minimum Gasteiger partial charge on any atom is -0.393 e. The molecule has 1 atom stereocenters. The highest BCUT2D eigenvalue weighted by Crippen LogP contribution is 2.32. The average Bonchev–Trinajstić information content (AvgIpc) is 2.24. The molecule has 0 aromatic heterocycles. The van der Waals surface area contributed by atoms with Crippen LogP contribution in [-0.2, 0) is 6.42 Å². The molecule has 0 radical (unpaired) electrons. The molecule has 1 aliphatic carbocycles. The molecule has 94 valence electrons. The summed E-state index contributed by atoms with van der Waals surface area (Å²) in [6, 6.07) is 2.56. The van der Waals surface area contributed by atoms with Crippen molar-refractivity contribution in [3.8, 4) is 0 Å². The Morgan fingerprint density at radius 1 is 1.35 bits per heavy atom. The van der Waals surface area contributed by atoms with Crippen LogP contribution in [0, 0.1) is 17.6 Å². The molecule has 4 heteroatoms. The lowest BCUT2D eigenvalue weighted by atomic mass is 9.80. The van der Waals surface area contributed by atoms with Gasteiger partial charge in [0.05, 0.1) is 10.6 Å². The predicted molar refractivity (Wildman–Crippen MR) is 65.7 cm³/mol. The molecule has 1 aromatic rings. The normalized spacial score (nSPS) is 17.9. The summed E-state index contributed by atoms with van der Waals surface area (Å²) in [6.45, 7) is 0. The summed E-state index contributed by atoms with van der Waals surface area (Å²) in [4.78, 5) is 0. The second-order valence-electron chi connectivity index (χ2n) is 4.71. The number of aliphatic hydroxyl groups excluding tert-OH is 1. The quantitative estimate of drug-likeness (QED) is 0.838. The van der Waals surface area contributed by atoms with Gasteiger partial charge in [0, 0.05) is 12.0 Å². The van der Waals surface area contributed by atoms with Crippen molar-refractivity contribution < 1.29 is 13.9 Å². The Morgan fingerprint density at radius 3 is 2.65 bits per heavy atom. The standard InChI is InChI=1S/C13H15BrF2O/c14-11-4-5-12(15)10(13(11)16)7-9(17)6-8-2-1-3-8/h4-5,8-9,17H,1-3,6-7H2. The molecule has 1 N–H and O–H groups in total. The summed E-state index contributed by atoms with van der Waals surface area (Å²) in [5, 5.41) is 9.83. The topological polar surface area (TPSA) is 20.2 Å². The van der Waals surface area contributed by atoms with Crippen LogP contribution in [-0.4, -0.2) is 11.2 Å². The fourth-order valence-electron chi connectivity index (χ4n) is 2.19. The second kappa shape index (κ2) is 5.44. The first kappa shape index (κ1) is 13.0. The minimum atomic E-state index is -0.654. The number of rotatable bonds is 4. The van der Waals surface area contributed by atoms with E-state index >= 15 is 0 Å². The molecule has 1 aliphatic rings. The molecule has 0 bridgehead atoms. The first-order chi connectivity index (χ1) is 8.08. The molecule has 0 amide bonds. The van der Waals surface area contributed by atoms with Gasteiger partial charge in [0.25, 0.3) is 0 Å². The van der Waals surface area contributed by atoms with Gasteiger partial charge < -0.3 is 5.11 Å². The van der Waals surface area contributed by atoms with Crippen molar-refractivity contribution in [2.24, 2.45) is 5.92 Å². The first-order valence-corrected chi connectivity index (χ1v) is 6.67. The molecular formula is C13H15BrF2O. The molecule has 1 fully saturated rings. The average molecular weight is 305 g/mol. The Balaban J connectivity index is 2.03. The maximum Gasteiger partial charge on any atom is 0.143 e. The van der Waals surface area contributed by atoms with Crippen LogP contribution in [0.15, 0.2) is 16.6 Å². The molecule has 0 heterocycles. The van der Waals surface area contributed by atoms with E-state index in [1.165, 1.54) is 18.6 Å². The minimum absolute atomic E-state index is 0.0220. The Hall–Kier alpha value is -0.480. The summed E-state index contributed by atoms with van der Waals surface area (Å²) in [6.07, 6.45) is 3.50. The number of hydrogen-bond acceptors (Lipinski definition) is 1. The van der Waals surface area contributed by atoms with E-state index in [-0.39, 0.29) is 16.5 Å². The Labute approximate surface area is 108 Å². The van der Waals surface area contributed by atoms with Crippen molar-refractivity contribution in [1.29, 1.82) is 0 Å². The van der Waals surface area contributed by atoms with E-state index in [2.05, 4.69) is 15.9 Å². The fraction of sp³-hybridized carbons (Fsp3) is 0.538. The third-order valence-corrected chi connectivity index (χ3v) is 4.02. The van der Waals surface area contributed by atoms with Gasteiger partial charge in [-0.3, -0.25) is 0 Å². The van der Waals surface area contributed by atoms with Crippen molar-refractivity contribution in [3.05, 3.63) is 33.8 Å². The highest BCUT2D eigenvalue weighted by molar-refractivity contribution is 9.10. The molecule has 0 saturated heterocycles. The number of hydrogen-bond donors (Lipinski definition) is 1. The Morgan fingerprint density at radius 2 is 2.06 bits per heavy atom. The molecular weight excluding hydrogens is 290 g/mol. The maximum absolute atomic E-state index is 13.7. The van der Waals surface area contributed by atoms with Crippen molar-refractivity contribution >= 4 is 15.9 Å². The summed E-state index contributed by atoms with van der Waals surface area (Å²) in [5.41, 5.74) is -0.0220. The molecule has 2 rings (SSSR count). The third kappa shape index (κ3) is 3.05. The lowest BCUT2D eigenvalue weighted by Gasteiger charge is -2.27. The smallest absolute Gasteiger partial charge is 0.143 e. The summed E-state index contributed by atoms with van der Waals surface area (Å²) < 4.78 is 27.4. The van der Waals surface area contributed by atoms with Crippen LogP contribution < -0.4 is 0 Å². The summed E-state index contributed by atoms with van der Waals surface area (Å²) in [7, 11) is 0.